The van der Waals surface area contributed by atoms with Crippen molar-refractivity contribution in [2.24, 2.45) is 0 Å². The lowest BCUT2D eigenvalue weighted by molar-refractivity contribution is -0.0343. The fourth-order valence-electron chi connectivity index (χ4n) is 4.24. The zero-order valence-corrected chi connectivity index (χ0v) is 21.7. The minimum atomic E-state index is -2.02. The third kappa shape index (κ3) is 4.69. The van der Waals surface area contributed by atoms with Gasteiger partial charge in [-0.3, -0.25) is 13.5 Å². The fraction of sp³-hybridized carbons (Fsp3) is 0.200. The molecular weight excluding hydrogens is 536 g/mol. The Kier molecular flexibility index (Phi) is 7.01. The third-order valence-electron chi connectivity index (χ3n) is 6.32. The second-order valence-corrected chi connectivity index (χ2v) is 10.9. The molecule has 3 atom stereocenters. The summed E-state index contributed by atoms with van der Waals surface area (Å²) < 4.78 is 48.1. The molecular formula is C25H21F2N5O4S2. The molecule has 9 nitrogen and oxygen atoms in total. The number of thiophene rings is 1. The smallest absolute Gasteiger partial charge is 0.271 e. The highest BCUT2D eigenvalue weighted by Crippen LogP contribution is 2.37. The molecule has 0 bridgehead atoms. The van der Waals surface area contributed by atoms with Gasteiger partial charge in [0, 0.05) is 16.5 Å². The molecule has 2 aromatic carbocycles. The van der Waals surface area contributed by atoms with Crippen LogP contribution in [0.3, 0.4) is 0 Å². The molecule has 0 saturated heterocycles. The average molecular weight is 558 g/mol. The van der Waals surface area contributed by atoms with E-state index in [1.807, 2.05) is 0 Å². The first kappa shape index (κ1) is 26.0. The highest BCUT2D eigenvalue weighted by Gasteiger charge is 2.41. The van der Waals surface area contributed by atoms with Crippen LogP contribution in [0, 0.1) is 11.6 Å². The van der Waals surface area contributed by atoms with Gasteiger partial charge in [-0.25, -0.2) is 27.6 Å². The normalized spacial score (nSPS) is 14.9. The van der Waals surface area contributed by atoms with E-state index in [2.05, 4.69) is 15.1 Å². The third-order valence-corrected chi connectivity index (χ3v) is 8.44. The Morgan fingerprint density at radius 1 is 1.16 bits per heavy atom. The molecule has 38 heavy (non-hydrogen) atoms. The van der Waals surface area contributed by atoms with E-state index >= 15 is 0 Å². The summed E-state index contributed by atoms with van der Waals surface area (Å²) in [5, 5.41) is 15.9. The highest BCUT2D eigenvalue weighted by atomic mass is 32.2. The van der Waals surface area contributed by atoms with Gasteiger partial charge in [0.25, 0.3) is 5.56 Å². The molecule has 0 spiro atoms. The van der Waals surface area contributed by atoms with Crippen LogP contribution in [0.1, 0.15) is 18.5 Å². The Morgan fingerprint density at radius 3 is 2.58 bits per heavy atom. The topological polar surface area (TPSA) is 112 Å². The Morgan fingerprint density at radius 2 is 1.92 bits per heavy atom. The molecule has 0 radical (unpaired) electrons. The Bertz CT molecular complexity index is 1690. The lowest BCUT2D eigenvalue weighted by Gasteiger charge is -2.35. The Labute approximate surface area is 221 Å². The fourth-order valence-corrected chi connectivity index (χ4v) is 5.85. The Balaban J connectivity index is 1.57. The number of rotatable bonds is 8. The van der Waals surface area contributed by atoms with E-state index in [0.29, 0.717) is 21.2 Å². The standard InChI is InChI=1S/C25H21F2N5O4S2/c1-15(25(34,11-31-13-28-12-30-31)19-8-5-17(26)9-20(19)27)32-14-29-21-10-22(37-23(21)24(32)33)16-3-6-18(7-4-16)38(35)36-2/h3-10,12-15,34H,11H2,1-2H3/t15-,25-,38?/m1/s1. The quantitative estimate of drug-likeness (QED) is 0.309. The van der Waals surface area contributed by atoms with Crippen molar-refractivity contribution in [3.8, 4) is 10.4 Å². The van der Waals surface area contributed by atoms with E-state index in [1.54, 1.807) is 37.3 Å². The van der Waals surface area contributed by atoms with Gasteiger partial charge in [0.15, 0.2) is 11.1 Å². The number of nitrogens with zero attached hydrogens (tertiary/aromatic N) is 5. The average Bonchev–Trinajstić information content (AvgIpc) is 3.58. The van der Waals surface area contributed by atoms with E-state index in [4.69, 9.17) is 4.18 Å². The van der Waals surface area contributed by atoms with Crippen molar-refractivity contribution in [3.63, 3.8) is 0 Å². The van der Waals surface area contributed by atoms with E-state index in [0.717, 1.165) is 22.6 Å². The maximum absolute atomic E-state index is 14.9. The van der Waals surface area contributed by atoms with Crippen molar-refractivity contribution in [1.29, 1.82) is 0 Å². The second kappa shape index (κ2) is 10.3. The van der Waals surface area contributed by atoms with Gasteiger partial charge >= 0.3 is 0 Å². The van der Waals surface area contributed by atoms with E-state index in [-0.39, 0.29) is 12.1 Å². The van der Waals surface area contributed by atoms with Gasteiger partial charge in [-0.2, -0.15) is 5.10 Å². The maximum atomic E-state index is 14.9. The van der Waals surface area contributed by atoms with Crippen molar-refractivity contribution < 1.29 is 22.3 Å². The summed E-state index contributed by atoms with van der Waals surface area (Å²) in [5.74, 6) is -1.76. The van der Waals surface area contributed by atoms with Crippen molar-refractivity contribution in [3.05, 3.63) is 95.1 Å². The molecule has 3 heterocycles. The van der Waals surface area contributed by atoms with Crippen LogP contribution in [0.25, 0.3) is 20.7 Å². The number of benzene rings is 2. The van der Waals surface area contributed by atoms with Crippen LogP contribution in [0.2, 0.25) is 0 Å². The Hall–Kier alpha value is -3.65. The summed E-state index contributed by atoms with van der Waals surface area (Å²) in [4.78, 5) is 23.1. The van der Waals surface area contributed by atoms with Crippen LogP contribution >= 0.6 is 11.3 Å². The molecule has 1 unspecified atom stereocenters. The van der Waals surface area contributed by atoms with Crippen LogP contribution in [-0.2, 0) is 27.4 Å². The molecule has 0 aliphatic heterocycles. The van der Waals surface area contributed by atoms with Gasteiger partial charge in [-0.15, -0.1) is 11.3 Å². The van der Waals surface area contributed by atoms with Crippen molar-refractivity contribution >= 4 is 32.6 Å². The van der Waals surface area contributed by atoms with Crippen molar-refractivity contribution in [1.82, 2.24) is 24.3 Å². The van der Waals surface area contributed by atoms with Gasteiger partial charge in [0.05, 0.1) is 36.4 Å². The van der Waals surface area contributed by atoms with E-state index < -0.39 is 39.9 Å². The van der Waals surface area contributed by atoms with Crippen LogP contribution in [0.15, 0.2) is 77.2 Å². The van der Waals surface area contributed by atoms with Crippen molar-refractivity contribution in [2.45, 2.75) is 30.0 Å². The van der Waals surface area contributed by atoms with E-state index in [9.17, 15) is 22.9 Å². The summed E-state index contributed by atoms with van der Waals surface area (Å²) in [6.07, 6.45) is 3.91. The number of aliphatic hydroxyl groups is 1. The van der Waals surface area contributed by atoms with Gasteiger partial charge in [0.2, 0.25) is 0 Å². The predicted molar refractivity (Wildman–Crippen MR) is 138 cm³/mol. The molecule has 13 heteroatoms. The summed E-state index contributed by atoms with van der Waals surface area (Å²) >= 11 is -0.356. The zero-order valence-electron chi connectivity index (χ0n) is 20.1. The summed E-state index contributed by atoms with van der Waals surface area (Å²) in [7, 11) is 1.35. The number of hydrogen-bond donors (Lipinski definition) is 1. The number of fused-ring (bicyclic) bond motifs is 1. The zero-order chi connectivity index (χ0) is 27.0. The van der Waals surface area contributed by atoms with Crippen LogP contribution in [-0.4, -0.2) is 40.7 Å². The molecule has 0 fully saturated rings. The molecule has 5 rings (SSSR count). The van der Waals surface area contributed by atoms with Crippen LogP contribution in [0.4, 0.5) is 8.78 Å². The lowest BCUT2D eigenvalue weighted by Crippen LogP contribution is -2.43. The van der Waals surface area contributed by atoms with Crippen LogP contribution < -0.4 is 5.56 Å². The van der Waals surface area contributed by atoms with Gasteiger partial charge in [0.1, 0.15) is 34.6 Å². The maximum Gasteiger partial charge on any atom is 0.271 e. The number of halogens is 2. The molecule has 5 aromatic rings. The first-order chi connectivity index (χ1) is 18.2. The van der Waals surface area contributed by atoms with Gasteiger partial charge < -0.3 is 5.11 Å². The number of hydrogen-bond acceptors (Lipinski definition) is 8. The summed E-state index contributed by atoms with van der Waals surface area (Å²) in [6, 6.07) is 10.5. The predicted octanol–water partition coefficient (Wildman–Crippen LogP) is 3.81. The lowest BCUT2D eigenvalue weighted by atomic mass is 9.86. The monoisotopic (exact) mass is 557 g/mol. The van der Waals surface area contributed by atoms with E-state index in [1.165, 1.54) is 46.7 Å². The molecule has 0 amide bonds. The van der Waals surface area contributed by atoms with Gasteiger partial charge in [-0.05, 0) is 36.8 Å². The molecule has 196 valence electrons. The molecule has 3 aromatic heterocycles. The largest absolute Gasteiger partial charge is 0.381 e. The second-order valence-electron chi connectivity index (χ2n) is 8.53. The molecule has 0 aliphatic carbocycles. The molecule has 1 N–H and O–H groups in total. The first-order valence-electron chi connectivity index (χ1n) is 11.3. The minimum Gasteiger partial charge on any atom is -0.381 e. The molecule has 0 aliphatic rings. The SMILES string of the molecule is COS(=O)c1ccc(-c2cc3ncn([C@H](C)[C@](O)(Cn4cncn4)c4ccc(F)cc4F)c(=O)c3s2)cc1. The van der Waals surface area contributed by atoms with Crippen LogP contribution in [0.5, 0.6) is 0 Å². The first-order valence-corrected chi connectivity index (χ1v) is 13.2. The number of aromatic nitrogens is 5. The van der Waals surface area contributed by atoms with Crippen molar-refractivity contribution in [2.75, 3.05) is 7.11 Å². The van der Waals surface area contributed by atoms with Gasteiger partial charge in [-0.1, -0.05) is 18.2 Å². The summed E-state index contributed by atoms with van der Waals surface area (Å²) in [6.45, 7) is 1.30. The highest BCUT2D eigenvalue weighted by molar-refractivity contribution is 7.80. The summed E-state index contributed by atoms with van der Waals surface area (Å²) in [5.41, 5.74) is -1.40. The molecule has 0 saturated carbocycles. The minimum absolute atomic E-state index is 0.200.